The molecular weight excluding hydrogens is 493 g/mol. The summed E-state index contributed by atoms with van der Waals surface area (Å²) in [5.74, 6) is -1.81. The van der Waals surface area contributed by atoms with E-state index in [1.165, 1.54) is 23.9 Å². The van der Waals surface area contributed by atoms with Crippen molar-refractivity contribution in [1.82, 2.24) is 19.3 Å². The van der Waals surface area contributed by atoms with Crippen LogP contribution in [0.1, 0.15) is 47.8 Å². The minimum atomic E-state index is -1.11. The number of primary amides is 1. The van der Waals surface area contributed by atoms with Crippen LogP contribution in [-0.2, 0) is 11.3 Å². The number of aryl methyl sites for hydroxylation is 1. The van der Waals surface area contributed by atoms with Gasteiger partial charge < -0.3 is 15.4 Å². The van der Waals surface area contributed by atoms with Crippen LogP contribution in [0.15, 0.2) is 52.6 Å². The van der Waals surface area contributed by atoms with E-state index >= 15 is 4.39 Å². The number of benzene rings is 1. The monoisotopic (exact) mass is 513 g/mol. The summed E-state index contributed by atoms with van der Waals surface area (Å²) in [5, 5.41) is 14.9. The first-order valence-corrected chi connectivity index (χ1v) is 12.2. The molecule has 3 N–H and O–H groups in total. The molecule has 1 amide bonds. The van der Waals surface area contributed by atoms with Crippen LogP contribution >= 0.6 is 23.4 Å². The number of carboxylic acid groups (broad SMARTS) is 1. The van der Waals surface area contributed by atoms with Crippen molar-refractivity contribution in [3.05, 3.63) is 65.0 Å². The normalized spacial score (nSPS) is 13.4. The van der Waals surface area contributed by atoms with Crippen molar-refractivity contribution in [3.63, 3.8) is 0 Å². The number of aromatic carboxylic acids is 1. The summed E-state index contributed by atoms with van der Waals surface area (Å²) in [6.45, 7) is 0.498. The Labute approximate surface area is 208 Å². The highest BCUT2D eigenvalue weighted by Crippen LogP contribution is 2.51. The Morgan fingerprint density at radius 3 is 2.77 bits per heavy atom. The average molecular weight is 514 g/mol. The highest BCUT2D eigenvalue weighted by atomic mass is 35.5. The van der Waals surface area contributed by atoms with E-state index in [1.54, 1.807) is 29.1 Å². The first kappa shape index (κ1) is 23.4. The fraction of sp³-hybridized carbons (Fsp3) is 0.250. The second-order valence-corrected chi connectivity index (χ2v) is 9.82. The molecule has 0 radical (unpaired) electrons. The molecule has 5 rings (SSSR count). The second-order valence-electron chi connectivity index (χ2n) is 8.38. The maximum absolute atomic E-state index is 15.5. The van der Waals surface area contributed by atoms with Crippen LogP contribution in [0, 0.1) is 5.82 Å². The molecule has 180 valence electrons. The summed E-state index contributed by atoms with van der Waals surface area (Å²) >= 11 is 7.50. The Morgan fingerprint density at radius 1 is 1.26 bits per heavy atom. The van der Waals surface area contributed by atoms with Gasteiger partial charge in [-0.1, -0.05) is 29.4 Å². The van der Waals surface area contributed by atoms with Crippen molar-refractivity contribution in [2.45, 2.75) is 48.1 Å². The van der Waals surface area contributed by atoms with Gasteiger partial charge in [0.2, 0.25) is 5.91 Å². The third-order valence-corrected chi connectivity index (χ3v) is 7.17. The molecular formula is C24H21ClFN5O3S. The number of hydrogen-bond donors (Lipinski definition) is 2. The summed E-state index contributed by atoms with van der Waals surface area (Å²) in [4.78, 5) is 27.5. The van der Waals surface area contributed by atoms with Gasteiger partial charge in [0.05, 0.1) is 22.4 Å². The molecule has 0 atom stereocenters. The predicted molar refractivity (Wildman–Crippen MR) is 130 cm³/mol. The molecule has 0 saturated heterocycles. The van der Waals surface area contributed by atoms with Crippen molar-refractivity contribution < 1.29 is 19.1 Å². The van der Waals surface area contributed by atoms with Gasteiger partial charge in [0.15, 0.2) is 5.82 Å². The van der Waals surface area contributed by atoms with Crippen LogP contribution in [0.4, 0.5) is 4.39 Å². The number of pyridine rings is 1. The number of carbonyl (C=O) groups is 2. The van der Waals surface area contributed by atoms with Gasteiger partial charge >= 0.3 is 5.97 Å². The van der Waals surface area contributed by atoms with Crippen molar-refractivity contribution >= 4 is 46.1 Å². The minimum Gasteiger partial charge on any atom is -0.477 e. The Morgan fingerprint density at radius 2 is 2.06 bits per heavy atom. The number of fused-ring (bicyclic) bond motifs is 1. The number of carbonyl (C=O) groups excluding carboxylic acids is 1. The fourth-order valence-electron chi connectivity index (χ4n) is 4.10. The van der Waals surface area contributed by atoms with E-state index in [1.807, 2.05) is 10.8 Å². The van der Waals surface area contributed by atoms with Crippen molar-refractivity contribution in [2.24, 2.45) is 5.73 Å². The summed E-state index contributed by atoms with van der Waals surface area (Å²) in [6.07, 6.45) is 6.18. The number of rotatable bonds is 9. The fourth-order valence-corrected chi connectivity index (χ4v) is 5.39. The highest BCUT2D eigenvalue weighted by molar-refractivity contribution is 7.99. The molecule has 1 fully saturated rings. The molecule has 0 unspecified atom stereocenters. The SMILES string of the molecule is NC(=O)CCCn1cc(-n2c(C3CC3)c(Sc3cccc(C(=O)O)n3)c3ccc(Cl)c(F)c32)cn1. The molecule has 0 aliphatic heterocycles. The maximum atomic E-state index is 15.5. The van der Waals surface area contributed by atoms with Gasteiger partial charge in [-0.05, 0) is 43.5 Å². The molecule has 35 heavy (non-hydrogen) atoms. The third-order valence-electron chi connectivity index (χ3n) is 5.81. The van der Waals surface area contributed by atoms with Crippen LogP contribution < -0.4 is 5.73 Å². The molecule has 4 aromatic rings. The van der Waals surface area contributed by atoms with Gasteiger partial charge in [-0.2, -0.15) is 5.10 Å². The highest BCUT2D eigenvalue weighted by Gasteiger charge is 2.34. The molecule has 1 aliphatic rings. The zero-order valence-corrected chi connectivity index (χ0v) is 20.0. The first-order chi connectivity index (χ1) is 16.8. The number of carboxylic acids is 1. The van der Waals surface area contributed by atoms with Crippen molar-refractivity contribution in [3.8, 4) is 5.69 Å². The quantitative estimate of drug-likeness (QED) is 0.325. The molecule has 1 aromatic carbocycles. The zero-order valence-electron chi connectivity index (χ0n) is 18.4. The van der Waals surface area contributed by atoms with E-state index < -0.39 is 11.8 Å². The number of aromatic nitrogens is 4. The smallest absolute Gasteiger partial charge is 0.354 e. The molecule has 11 heteroatoms. The lowest BCUT2D eigenvalue weighted by Crippen LogP contribution is -2.11. The summed E-state index contributed by atoms with van der Waals surface area (Å²) in [6, 6.07) is 8.12. The molecule has 0 spiro atoms. The van der Waals surface area contributed by atoms with Gasteiger partial charge in [0.1, 0.15) is 10.7 Å². The Bertz CT molecular complexity index is 1460. The number of nitrogens with two attached hydrogens (primary N) is 1. The Balaban J connectivity index is 1.64. The Kier molecular flexibility index (Phi) is 6.24. The minimum absolute atomic E-state index is 0.00926. The lowest BCUT2D eigenvalue weighted by molar-refractivity contribution is -0.118. The molecule has 1 saturated carbocycles. The second kappa shape index (κ2) is 9.35. The number of nitrogens with zero attached hydrogens (tertiary/aromatic N) is 4. The van der Waals surface area contributed by atoms with Gasteiger partial charge in [-0.15, -0.1) is 0 Å². The van der Waals surface area contributed by atoms with Crippen LogP contribution in [0.3, 0.4) is 0 Å². The standard InChI is InChI=1S/C24H21ClFN5O3S/c25-16-9-8-15-22(20(16)26)31(14-11-28-30(12-14)10-2-4-18(27)32)21(13-6-7-13)23(15)35-19-5-1-3-17(29-19)24(33)34/h1,3,5,8-9,11-13H,2,4,6-7,10H2,(H2,27,32)(H,33,34). The average Bonchev–Trinajstić information content (AvgIpc) is 3.47. The van der Waals surface area contributed by atoms with Gasteiger partial charge in [0.25, 0.3) is 0 Å². The third kappa shape index (κ3) is 4.63. The lowest BCUT2D eigenvalue weighted by Gasteiger charge is -2.10. The summed E-state index contributed by atoms with van der Waals surface area (Å²) < 4.78 is 19.1. The molecule has 8 nitrogen and oxygen atoms in total. The van der Waals surface area contributed by atoms with E-state index in [0.29, 0.717) is 34.6 Å². The van der Waals surface area contributed by atoms with Crippen LogP contribution in [-0.4, -0.2) is 36.3 Å². The van der Waals surface area contributed by atoms with Crippen LogP contribution in [0.5, 0.6) is 0 Å². The van der Waals surface area contributed by atoms with E-state index in [-0.39, 0.29) is 29.0 Å². The summed E-state index contributed by atoms with van der Waals surface area (Å²) in [5.41, 5.74) is 7.11. The van der Waals surface area contributed by atoms with Crippen molar-refractivity contribution in [1.29, 1.82) is 0 Å². The van der Waals surface area contributed by atoms with E-state index in [0.717, 1.165) is 23.4 Å². The molecule has 3 aromatic heterocycles. The van der Waals surface area contributed by atoms with Crippen LogP contribution in [0.2, 0.25) is 5.02 Å². The van der Waals surface area contributed by atoms with E-state index in [2.05, 4.69) is 10.1 Å². The van der Waals surface area contributed by atoms with Gasteiger partial charge in [-0.25, -0.2) is 14.2 Å². The largest absolute Gasteiger partial charge is 0.477 e. The van der Waals surface area contributed by atoms with Crippen LogP contribution in [0.25, 0.3) is 16.6 Å². The predicted octanol–water partition coefficient (Wildman–Crippen LogP) is 5.01. The topological polar surface area (TPSA) is 116 Å². The molecule has 0 bridgehead atoms. The maximum Gasteiger partial charge on any atom is 0.354 e. The first-order valence-electron chi connectivity index (χ1n) is 11.0. The number of amides is 1. The van der Waals surface area contributed by atoms with Crippen molar-refractivity contribution in [2.75, 3.05) is 0 Å². The Hall–Kier alpha value is -3.37. The zero-order chi connectivity index (χ0) is 24.7. The number of hydrogen-bond acceptors (Lipinski definition) is 5. The van der Waals surface area contributed by atoms with Gasteiger partial charge in [-0.3, -0.25) is 9.48 Å². The van der Waals surface area contributed by atoms with Gasteiger partial charge in [0, 0.05) is 41.1 Å². The lowest BCUT2D eigenvalue weighted by atomic mass is 10.2. The summed E-state index contributed by atoms with van der Waals surface area (Å²) in [7, 11) is 0. The van der Waals surface area contributed by atoms with E-state index in [4.69, 9.17) is 17.3 Å². The number of halogens is 2. The van der Waals surface area contributed by atoms with E-state index in [9.17, 15) is 14.7 Å². The molecule has 3 heterocycles. The molecule has 1 aliphatic carbocycles.